The van der Waals surface area contributed by atoms with Crippen molar-refractivity contribution in [3.63, 3.8) is 0 Å². The fraction of sp³-hybridized carbons (Fsp3) is 0.316. The van der Waals surface area contributed by atoms with Crippen molar-refractivity contribution in [3.05, 3.63) is 48.3 Å². The molecule has 25 heavy (non-hydrogen) atoms. The van der Waals surface area contributed by atoms with Crippen LogP contribution in [0.15, 0.2) is 42.7 Å². The summed E-state index contributed by atoms with van der Waals surface area (Å²) < 4.78 is 5.60. The summed E-state index contributed by atoms with van der Waals surface area (Å²) in [6.45, 7) is 4.56. The van der Waals surface area contributed by atoms with E-state index in [9.17, 15) is 0 Å². The Morgan fingerprint density at radius 2 is 1.92 bits per heavy atom. The average Bonchev–Trinajstić information content (AvgIpc) is 2.59. The number of nitrogens with one attached hydrogen (secondary N) is 1. The van der Waals surface area contributed by atoms with Gasteiger partial charge in [0, 0.05) is 26.0 Å². The van der Waals surface area contributed by atoms with Crippen molar-refractivity contribution in [1.82, 2.24) is 15.0 Å². The Balaban J connectivity index is 1.85. The summed E-state index contributed by atoms with van der Waals surface area (Å²) in [5.41, 5.74) is 2.14. The van der Waals surface area contributed by atoms with Gasteiger partial charge in [-0.3, -0.25) is 4.98 Å². The zero-order valence-corrected chi connectivity index (χ0v) is 15.0. The third-order valence-electron chi connectivity index (χ3n) is 3.68. The van der Waals surface area contributed by atoms with Gasteiger partial charge >= 0.3 is 0 Å². The topological polar surface area (TPSA) is 63.2 Å². The van der Waals surface area contributed by atoms with Crippen LogP contribution < -0.4 is 15.0 Å². The summed E-state index contributed by atoms with van der Waals surface area (Å²) in [5, 5.41) is 4.46. The minimum Gasteiger partial charge on any atom is -0.474 e. The van der Waals surface area contributed by atoms with Gasteiger partial charge < -0.3 is 15.0 Å². The van der Waals surface area contributed by atoms with Crippen LogP contribution in [-0.4, -0.2) is 35.2 Å². The minimum atomic E-state index is 0.0661. The lowest BCUT2D eigenvalue weighted by Crippen LogP contribution is -2.12. The van der Waals surface area contributed by atoms with Crippen LogP contribution in [-0.2, 0) is 6.54 Å². The molecule has 1 N–H and O–H groups in total. The molecule has 0 radical (unpaired) electrons. The molecular formula is C19H23N5O. The molecule has 0 aliphatic rings. The molecule has 2 heterocycles. The lowest BCUT2D eigenvalue weighted by molar-refractivity contribution is 0.232. The van der Waals surface area contributed by atoms with Crippen molar-refractivity contribution in [1.29, 1.82) is 0 Å². The van der Waals surface area contributed by atoms with Crippen molar-refractivity contribution < 1.29 is 4.74 Å². The van der Waals surface area contributed by atoms with Gasteiger partial charge in [0.05, 0.1) is 24.0 Å². The Kier molecular flexibility index (Phi) is 4.97. The normalized spacial score (nSPS) is 10.9. The van der Waals surface area contributed by atoms with E-state index in [0.717, 1.165) is 22.3 Å². The van der Waals surface area contributed by atoms with E-state index in [4.69, 9.17) is 4.74 Å². The molecule has 0 fully saturated rings. The van der Waals surface area contributed by atoms with Crippen molar-refractivity contribution in [3.8, 4) is 5.88 Å². The van der Waals surface area contributed by atoms with Crippen molar-refractivity contribution in [2.24, 2.45) is 0 Å². The summed E-state index contributed by atoms with van der Waals surface area (Å²) in [6, 6.07) is 10.2. The zero-order valence-electron chi connectivity index (χ0n) is 15.0. The molecule has 6 heteroatoms. The van der Waals surface area contributed by atoms with E-state index in [0.29, 0.717) is 18.2 Å². The van der Waals surface area contributed by atoms with Crippen molar-refractivity contribution in [2.75, 3.05) is 24.3 Å². The monoisotopic (exact) mass is 337 g/mol. The van der Waals surface area contributed by atoms with Crippen molar-refractivity contribution >= 4 is 22.5 Å². The maximum absolute atomic E-state index is 5.60. The van der Waals surface area contributed by atoms with E-state index in [1.807, 2.05) is 51.0 Å². The molecule has 0 saturated carbocycles. The van der Waals surface area contributed by atoms with Gasteiger partial charge in [0.25, 0.3) is 0 Å². The number of hydrogen-bond donors (Lipinski definition) is 1. The van der Waals surface area contributed by atoms with Crippen LogP contribution >= 0.6 is 0 Å². The first-order chi connectivity index (χ1) is 12.0. The summed E-state index contributed by atoms with van der Waals surface area (Å²) in [5.74, 6) is 2.14. The number of nitrogens with zero attached hydrogens (tertiary/aromatic N) is 4. The largest absolute Gasteiger partial charge is 0.474 e. The van der Waals surface area contributed by atoms with Gasteiger partial charge in [0.1, 0.15) is 11.6 Å². The predicted molar refractivity (Wildman–Crippen MR) is 101 cm³/mol. The highest BCUT2D eigenvalue weighted by Gasteiger charge is 2.08. The molecule has 0 aliphatic heterocycles. The van der Waals surface area contributed by atoms with Gasteiger partial charge in [-0.25, -0.2) is 4.98 Å². The van der Waals surface area contributed by atoms with Gasteiger partial charge in [-0.1, -0.05) is 18.2 Å². The molecule has 6 nitrogen and oxygen atoms in total. The lowest BCUT2D eigenvalue weighted by Gasteiger charge is -2.16. The molecular weight excluding hydrogens is 314 g/mol. The van der Waals surface area contributed by atoms with Crippen LogP contribution in [0, 0.1) is 0 Å². The maximum atomic E-state index is 5.60. The Hall–Kier alpha value is -2.89. The van der Waals surface area contributed by atoms with E-state index >= 15 is 0 Å². The van der Waals surface area contributed by atoms with Gasteiger partial charge in [0.15, 0.2) is 0 Å². The van der Waals surface area contributed by atoms with Crippen LogP contribution in [0.3, 0.4) is 0 Å². The average molecular weight is 337 g/mol. The van der Waals surface area contributed by atoms with E-state index in [1.165, 1.54) is 0 Å². The SMILES string of the molecule is CC(C)Oc1cncc(NCc2cc(N(C)C)nc3ccccc23)n1. The van der Waals surface area contributed by atoms with Crippen LogP contribution in [0.2, 0.25) is 0 Å². The predicted octanol–water partition coefficient (Wildman–Crippen LogP) is 3.49. The number of para-hydroxylation sites is 1. The highest BCUT2D eigenvalue weighted by molar-refractivity contribution is 5.84. The second-order valence-electron chi connectivity index (χ2n) is 6.31. The van der Waals surface area contributed by atoms with E-state index < -0.39 is 0 Å². The number of aromatic nitrogens is 3. The molecule has 2 aromatic heterocycles. The molecule has 3 rings (SSSR count). The number of hydrogen-bond acceptors (Lipinski definition) is 6. The Bertz CT molecular complexity index is 863. The fourth-order valence-electron chi connectivity index (χ4n) is 2.52. The van der Waals surface area contributed by atoms with Gasteiger partial charge in [-0.2, -0.15) is 4.98 Å². The number of anilines is 2. The zero-order chi connectivity index (χ0) is 17.8. The van der Waals surface area contributed by atoms with Gasteiger partial charge in [-0.05, 0) is 31.5 Å². The van der Waals surface area contributed by atoms with E-state index in [2.05, 4.69) is 32.4 Å². The lowest BCUT2D eigenvalue weighted by atomic mass is 10.1. The molecule has 130 valence electrons. The Morgan fingerprint density at radius 3 is 2.68 bits per heavy atom. The van der Waals surface area contributed by atoms with E-state index in [1.54, 1.807) is 12.4 Å². The molecule has 0 atom stereocenters. The molecule has 0 amide bonds. The number of rotatable bonds is 6. The van der Waals surface area contributed by atoms with Crippen molar-refractivity contribution in [2.45, 2.75) is 26.5 Å². The van der Waals surface area contributed by atoms with E-state index in [-0.39, 0.29) is 6.10 Å². The summed E-state index contributed by atoms with van der Waals surface area (Å²) >= 11 is 0. The smallest absolute Gasteiger partial charge is 0.234 e. The Labute approximate surface area is 147 Å². The second kappa shape index (κ2) is 7.34. The molecule has 0 bridgehead atoms. The number of fused-ring (bicyclic) bond motifs is 1. The molecule has 0 saturated heterocycles. The minimum absolute atomic E-state index is 0.0661. The highest BCUT2D eigenvalue weighted by atomic mass is 16.5. The van der Waals surface area contributed by atoms with Crippen LogP contribution in [0.1, 0.15) is 19.4 Å². The second-order valence-corrected chi connectivity index (χ2v) is 6.31. The molecule has 1 aromatic carbocycles. The van der Waals surface area contributed by atoms with Crippen LogP contribution in [0.4, 0.5) is 11.6 Å². The number of ether oxygens (including phenoxy) is 1. The molecule has 0 unspecified atom stereocenters. The van der Waals surface area contributed by atoms with Crippen LogP contribution in [0.5, 0.6) is 5.88 Å². The highest BCUT2D eigenvalue weighted by Crippen LogP contribution is 2.23. The van der Waals surface area contributed by atoms with Gasteiger partial charge in [-0.15, -0.1) is 0 Å². The quantitative estimate of drug-likeness (QED) is 0.743. The first-order valence-electron chi connectivity index (χ1n) is 8.31. The summed E-state index contributed by atoms with van der Waals surface area (Å²) in [4.78, 5) is 15.3. The maximum Gasteiger partial charge on any atom is 0.234 e. The fourth-order valence-corrected chi connectivity index (χ4v) is 2.52. The standard InChI is InChI=1S/C19H23N5O/c1-13(2)25-19-12-20-11-17(23-19)21-10-14-9-18(24(3)4)22-16-8-6-5-7-15(14)16/h5-9,11-13H,10H2,1-4H3,(H,21,23). The third-order valence-corrected chi connectivity index (χ3v) is 3.68. The number of benzene rings is 1. The molecule has 0 aliphatic carbocycles. The Morgan fingerprint density at radius 1 is 1.12 bits per heavy atom. The molecule has 3 aromatic rings. The van der Waals surface area contributed by atoms with Crippen LogP contribution in [0.25, 0.3) is 10.9 Å². The number of pyridine rings is 1. The first-order valence-corrected chi connectivity index (χ1v) is 8.31. The van der Waals surface area contributed by atoms with Gasteiger partial charge in [0.2, 0.25) is 5.88 Å². The third kappa shape index (κ3) is 4.15. The first kappa shape index (κ1) is 17.0. The summed E-state index contributed by atoms with van der Waals surface area (Å²) in [7, 11) is 3.99. The summed E-state index contributed by atoms with van der Waals surface area (Å²) in [6.07, 6.45) is 3.39. The molecule has 0 spiro atoms.